The highest BCUT2D eigenvalue weighted by molar-refractivity contribution is 9.10. The molecule has 0 aliphatic carbocycles. The van der Waals surface area contributed by atoms with E-state index in [-0.39, 0.29) is 5.75 Å². The van der Waals surface area contributed by atoms with E-state index in [0.29, 0.717) is 15.9 Å². The van der Waals surface area contributed by atoms with Crippen LogP contribution >= 0.6 is 15.9 Å². The van der Waals surface area contributed by atoms with Crippen molar-refractivity contribution >= 4 is 32.9 Å². The molecule has 1 aromatic heterocycles. The van der Waals surface area contributed by atoms with Crippen LogP contribution in [-0.2, 0) is 0 Å². The van der Waals surface area contributed by atoms with Crippen molar-refractivity contribution in [2.75, 3.05) is 5.73 Å². The monoisotopic (exact) mass is 227 g/mol. The highest BCUT2D eigenvalue weighted by Gasteiger charge is 2.07. The first-order chi connectivity index (χ1) is 5.68. The van der Waals surface area contributed by atoms with Crippen LogP contribution in [0.5, 0.6) is 5.75 Å². The number of aromatic amines is 1. The van der Waals surface area contributed by atoms with Gasteiger partial charge in [0.05, 0.1) is 9.99 Å². The molecule has 0 bridgehead atoms. The number of aromatic hydroxyl groups is 1. The van der Waals surface area contributed by atoms with Crippen LogP contribution < -0.4 is 5.73 Å². The maximum atomic E-state index is 9.49. The van der Waals surface area contributed by atoms with E-state index in [1.807, 2.05) is 0 Å². The van der Waals surface area contributed by atoms with Crippen molar-refractivity contribution in [2.45, 2.75) is 0 Å². The molecule has 0 saturated carbocycles. The molecule has 4 nitrogen and oxygen atoms in total. The first kappa shape index (κ1) is 7.42. The van der Waals surface area contributed by atoms with E-state index in [9.17, 15) is 5.11 Å². The lowest BCUT2D eigenvalue weighted by molar-refractivity contribution is 0.477. The van der Waals surface area contributed by atoms with Crippen LogP contribution in [0.3, 0.4) is 0 Å². The molecule has 0 aliphatic heterocycles. The SMILES string of the molecule is Nc1nc2c(O)c(Br)ccc2[nH]1. The topological polar surface area (TPSA) is 74.9 Å². The molecule has 1 aromatic carbocycles. The lowest BCUT2D eigenvalue weighted by Crippen LogP contribution is -1.84. The van der Waals surface area contributed by atoms with Gasteiger partial charge in [0.15, 0.2) is 11.7 Å². The number of fused-ring (bicyclic) bond motifs is 1. The first-order valence-corrected chi connectivity index (χ1v) is 4.10. The van der Waals surface area contributed by atoms with Gasteiger partial charge in [0.1, 0.15) is 5.52 Å². The number of H-pyrrole nitrogens is 1. The normalized spacial score (nSPS) is 10.8. The smallest absolute Gasteiger partial charge is 0.198 e. The highest BCUT2D eigenvalue weighted by atomic mass is 79.9. The summed E-state index contributed by atoms with van der Waals surface area (Å²) in [6.07, 6.45) is 0. The van der Waals surface area contributed by atoms with Gasteiger partial charge in [-0.05, 0) is 28.1 Å². The van der Waals surface area contributed by atoms with Crippen LogP contribution in [0.1, 0.15) is 0 Å². The van der Waals surface area contributed by atoms with Crippen LogP contribution in [0, 0.1) is 0 Å². The van der Waals surface area contributed by atoms with Crippen LogP contribution in [0.2, 0.25) is 0 Å². The zero-order chi connectivity index (χ0) is 8.72. The fourth-order valence-electron chi connectivity index (χ4n) is 1.06. The number of nitrogens with two attached hydrogens (primary N) is 1. The third kappa shape index (κ3) is 0.937. The maximum absolute atomic E-state index is 9.49. The standard InChI is InChI=1S/C7H6BrN3O/c8-3-1-2-4-5(6(3)12)11-7(9)10-4/h1-2,12H,(H3,9,10,11). The van der Waals surface area contributed by atoms with Crippen molar-refractivity contribution in [3.05, 3.63) is 16.6 Å². The molecular weight excluding hydrogens is 222 g/mol. The number of hydrogen-bond acceptors (Lipinski definition) is 3. The molecule has 1 heterocycles. The van der Waals surface area contributed by atoms with Gasteiger partial charge in [-0.1, -0.05) is 0 Å². The van der Waals surface area contributed by atoms with E-state index in [2.05, 4.69) is 25.9 Å². The predicted octanol–water partition coefficient (Wildman–Crippen LogP) is 1.61. The molecule has 5 heteroatoms. The fourth-order valence-corrected chi connectivity index (χ4v) is 1.38. The Labute approximate surface area is 76.5 Å². The van der Waals surface area contributed by atoms with Crippen molar-refractivity contribution in [2.24, 2.45) is 0 Å². The number of phenolic OH excluding ortho intramolecular Hbond substituents is 1. The Kier molecular flexibility index (Phi) is 1.47. The highest BCUT2D eigenvalue weighted by Crippen LogP contribution is 2.31. The van der Waals surface area contributed by atoms with Gasteiger partial charge in [0, 0.05) is 0 Å². The Morgan fingerprint density at radius 3 is 3.00 bits per heavy atom. The quantitative estimate of drug-likeness (QED) is 0.641. The molecule has 12 heavy (non-hydrogen) atoms. The molecule has 0 aliphatic rings. The van der Waals surface area contributed by atoms with Crippen molar-refractivity contribution in [3.63, 3.8) is 0 Å². The van der Waals surface area contributed by atoms with Crippen LogP contribution in [0.4, 0.5) is 5.95 Å². The van der Waals surface area contributed by atoms with Gasteiger partial charge >= 0.3 is 0 Å². The molecule has 0 amide bonds. The Hall–Kier alpha value is -1.23. The van der Waals surface area contributed by atoms with Gasteiger partial charge in [0.2, 0.25) is 0 Å². The zero-order valence-corrected chi connectivity index (χ0v) is 7.59. The van der Waals surface area contributed by atoms with Gasteiger partial charge in [-0.25, -0.2) is 4.98 Å². The van der Waals surface area contributed by atoms with E-state index < -0.39 is 0 Å². The van der Waals surface area contributed by atoms with Crippen molar-refractivity contribution in [1.82, 2.24) is 9.97 Å². The minimum absolute atomic E-state index is 0.112. The number of nitrogens with one attached hydrogen (secondary N) is 1. The van der Waals surface area contributed by atoms with Gasteiger partial charge in [0.25, 0.3) is 0 Å². The molecule has 2 aromatic rings. The van der Waals surface area contributed by atoms with Gasteiger partial charge in [-0.2, -0.15) is 0 Å². The molecule has 0 unspecified atom stereocenters. The zero-order valence-electron chi connectivity index (χ0n) is 6.00. The maximum Gasteiger partial charge on any atom is 0.198 e. The Bertz CT molecular complexity index is 437. The number of hydrogen-bond donors (Lipinski definition) is 3. The van der Waals surface area contributed by atoms with Gasteiger partial charge in [-0.3, -0.25) is 0 Å². The number of aromatic nitrogens is 2. The summed E-state index contributed by atoms with van der Waals surface area (Å²) < 4.78 is 0.613. The van der Waals surface area contributed by atoms with Crippen molar-refractivity contribution < 1.29 is 5.11 Å². The van der Waals surface area contributed by atoms with Gasteiger partial charge in [-0.15, -0.1) is 0 Å². The van der Waals surface area contributed by atoms with Crippen molar-refractivity contribution in [3.8, 4) is 5.75 Å². The molecular formula is C7H6BrN3O. The minimum atomic E-state index is 0.112. The molecule has 62 valence electrons. The molecule has 0 radical (unpaired) electrons. The molecule has 2 rings (SSSR count). The second-order valence-corrected chi connectivity index (χ2v) is 3.27. The number of rotatable bonds is 0. The lowest BCUT2D eigenvalue weighted by atomic mass is 10.3. The van der Waals surface area contributed by atoms with E-state index in [0.717, 1.165) is 5.52 Å². The number of benzene rings is 1. The Morgan fingerprint density at radius 2 is 2.25 bits per heavy atom. The van der Waals surface area contributed by atoms with E-state index in [1.165, 1.54) is 0 Å². The molecule has 4 N–H and O–H groups in total. The second kappa shape index (κ2) is 2.38. The third-order valence-corrected chi connectivity index (χ3v) is 2.24. The first-order valence-electron chi connectivity index (χ1n) is 3.31. The summed E-state index contributed by atoms with van der Waals surface area (Å²) in [5, 5.41) is 9.49. The number of nitrogens with zero attached hydrogens (tertiary/aromatic N) is 1. The van der Waals surface area contributed by atoms with Gasteiger partial charge < -0.3 is 15.8 Å². The summed E-state index contributed by atoms with van der Waals surface area (Å²) >= 11 is 3.18. The average molecular weight is 228 g/mol. The fraction of sp³-hybridized carbons (Fsp3) is 0. The van der Waals surface area contributed by atoms with E-state index in [4.69, 9.17) is 5.73 Å². The van der Waals surface area contributed by atoms with Crippen LogP contribution in [-0.4, -0.2) is 15.1 Å². The average Bonchev–Trinajstić information content (AvgIpc) is 2.39. The summed E-state index contributed by atoms with van der Waals surface area (Å²) in [4.78, 5) is 6.73. The number of imidazole rings is 1. The number of phenols is 1. The Morgan fingerprint density at radius 1 is 1.50 bits per heavy atom. The molecule has 0 fully saturated rings. The molecule has 0 atom stereocenters. The van der Waals surface area contributed by atoms with Crippen LogP contribution in [0.25, 0.3) is 11.0 Å². The largest absolute Gasteiger partial charge is 0.504 e. The minimum Gasteiger partial charge on any atom is -0.504 e. The summed E-state index contributed by atoms with van der Waals surface area (Å²) in [7, 11) is 0. The molecule has 0 spiro atoms. The molecule has 0 saturated heterocycles. The summed E-state index contributed by atoms with van der Waals surface area (Å²) in [5.41, 5.74) is 6.63. The Balaban J connectivity index is 2.89. The number of anilines is 1. The summed E-state index contributed by atoms with van der Waals surface area (Å²) in [6, 6.07) is 3.53. The second-order valence-electron chi connectivity index (χ2n) is 2.41. The van der Waals surface area contributed by atoms with E-state index >= 15 is 0 Å². The number of nitrogen functional groups attached to an aromatic ring is 1. The predicted molar refractivity (Wildman–Crippen MR) is 49.9 cm³/mol. The van der Waals surface area contributed by atoms with Crippen molar-refractivity contribution in [1.29, 1.82) is 0 Å². The summed E-state index contributed by atoms with van der Waals surface area (Å²) in [5.74, 6) is 0.416. The third-order valence-electron chi connectivity index (χ3n) is 1.60. The number of halogens is 1. The van der Waals surface area contributed by atoms with Crippen LogP contribution in [0.15, 0.2) is 16.6 Å². The lowest BCUT2D eigenvalue weighted by Gasteiger charge is -1.94. The van der Waals surface area contributed by atoms with E-state index in [1.54, 1.807) is 12.1 Å². The summed E-state index contributed by atoms with van der Waals surface area (Å²) in [6.45, 7) is 0.